The number of benzene rings is 2. The lowest BCUT2D eigenvalue weighted by molar-refractivity contribution is 0.454. The van der Waals surface area contributed by atoms with Crippen molar-refractivity contribution in [3.63, 3.8) is 0 Å². The summed E-state index contributed by atoms with van der Waals surface area (Å²) in [7, 11) is 0. The summed E-state index contributed by atoms with van der Waals surface area (Å²) in [5, 5.41) is 8.50. The molecule has 0 saturated heterocycles. The highest BCUT2D eigenvalue weighted by Gasteiger charge is 2.25. The minimum atomic E-state index is 0.300. The standard InChI is InChI=1S/C27H29N5/c1-18-9-6-12-25(20(18)3)32-26-13-7-11-24(23(26)17-31-32)28-14-21-15-29-27(30-16-21)22-10-5-4-8-19(22)2/h4-6,8-10,12,15-17,24,28H,7,11,13-14H2,1-3H3. The van der Waals surface area contributed by atoms with Gasteiger partial charge >= 0.3 is 0 Å². The number of hydrogen-bond donors (Lipinski definition) is 1. The number of fused-ring (bicyclic) bond motifs is 1. The summed E-state index contributed by atoms with van der Waals surface area (Å²) in [5.41, 5.74) is 9.79. The van der Waals surface area contributed by atoms with E-state index in [4.69, 9.17) is 5.10 Å². The molecule has 0 radical (unpaired) electrons. The first-order valence-corrected chi connectivity index (χ1v) is 11.4. The molecule has 1 atom stereocenters. The first-order valence-electron chi connectivity index (χ1n) is 11.4. The smallest absolute Gasteiger partial charge is 0.159 e. The third kappa shape index (κ3) is 3.84. The van der Waals surface area contributed by atoms with Gasteiger partial charge in [0.15, 0.2) is 5.82 Å². The van der Waals surface area contributed by atoms with Crippen molar-refractivity contribution in [3.8, 4) is 17.1 Å². The molecule has 1 aliphatic rings. The van der Waals surface area contributed by atoms with Gasteiger partial charge in [-0.3, -0.25) is 0 Å². The molecule has 1 N–H and O–H groups in total. The summed E-state index contributed by atoms with van der Waals surface area (Å²) in [6.45, 7) is 7.17. The van der Waals surface area contributed by atoms with Crippen LogP contribution in [0, 0.1) is 20.8 Å². The second-order valence-electron chi connectivity index (χ2n) is 8.73. The Kier molecular flexibility index (Phi) is 5.58. The van der Waals surface area contributed by atoms with E-state index >= 15 is 0 Å². The van der Waals surface area contributed by atoms with E-state index in [0.29, 0.717) is 6.04 Å². The van der Waals surface area contributed by atoms with Crippen LogP contribution in [0.1, 0.15) is 52.4 Å². The fourth-order valence-corrected chi connectivity index (χ4v) is 4.59. The molecule has 0 amide bonds. The van der Waals surface area contributed by atoms with Crippen molar-refractivity contribution < 1.29 is 0 Å². The van der Waals surface area contributed by atoms with Crippen LogP contribution in [0.4, 0.5) is 0 Å². The number of aryl methyl sites for hydroxylation is 2. The summed E-state index contributed by atoms with van der Waals surface area (Å²) in [4.78, 5) is 9.22. The predicted octanol–water partition coefficient (Wildman–Crippen LogP) is 5.42. The maximum Gasteiger partial charge on any atom is 0.159 e. The van der Waals surface area contributed by atoms with Gasteiger partial charge in [-0.25, -0.2) is 14.6 Å². The van der Waals surface area contributed by atoms with E-state index in [9.17, 15) is 0 Å². The second kappa shape index (κ2) is 8.67. The molecular weight excluding hydrogens is 394 g/mol. The van der Waals surface area contributed by atoms with Crippen LogP contribution in [-0.4, -0.2) is 19.7 Å². The number of aromatic nitrogens is 4. The highest BCUT2D eigenvalue weighted by atomic mass is 15.3. The number of rotatable bonds is 5. The molecule has 2 aromatic heterocycles. The summed E-state index contributed by atoms with van der Waals surface area (Å²) in [6, 6.07) is 15.0. The zero-order valence-corrected chi connectivity index (χ0v) is 19.0. The molecule has 0 saturated carbocycles. The third-order valence-electron chi connectivity index (χ3n) is 6.63. The summed E-state index contributed by atoms with van der Waals surface area (Å²) < 4.78 is 2.14. The van der Waals surface area contributed by atoms with Gasteiger partial charge in [0.1, 0.15) is 0 Å². The molecule has 0 bridgehead atoms. The highest BCUT2D eigenvalue weighted by Crippen LogP contribution is 2.32. The Morgan fingerprint density at radius 1 is 0.938 bits per heavy atom. The van der Waals surface area contributed by atoms with Crippen molar-refractivity contribution in [2.75, 3.05) is 0 Å². The molecule has 5 heteroatoms. The second-order valence-corrected chi connectivity index (χ2v) is 8.73. The van der Waals surface area contributed by atoms with E-state index in [-0.39, 0.29) is 0 Å². The monoisotopic (exact) mass is 423 g/mol. The lowest BCUT2D eigenvalue weighted by Crippen LogP contribution is -2.25. The first-order chi connectivity index (χ1) is 15.6. The van der Waals surface area contributed by atoms with Gasteiger partial charge < -0.3 is 5.32 Å². The predicted molar refractivity (Wildman–Crippen MR) is 128 cm³/mol. The lowest BCUT2D eigenvalue weighted by atomic mass is 9.92. The van der Waals surface area contributed by atoms with Crippen molar-refractivity contribution in [3.05, 3.63) is 94.6 Å². The van der Waals surface area contributed by atoms with Gasteiger partial charge in [0.05, 0.1) is 11.9 Å². The van der Waals surface area contributed by atoms with Gasteiger partial charge in [-0.05, 0) is 62.8 Å². The minimum Gasteiger partial charge on any atom is -0.306 e. The van der Waals surface area contributed by atoms with Gasteiger partial charge in [-0.1, -0.05) is 36.4 Å². The average Bonchev–Trinajstić information content (AvgIpc) is 3.25. The molecule has 162 valence electrons. The van der Waals surface area contributed by atoms with E-state index in [1.807, 2.05) is 30.7 Å². The fourth-order valence-electron chi connectivity index (χ4n) is 4.59. The third-order valence-corrected chi connectivity index (χ3v) is 6.63. The molecule has 0 fully saturated rings. The summed E-state index contributed by atoms with van der Waals surface area (Å²) in [5.74, 6) is 0.779. The Balaban J connectivity index is 1.32. The average molecular weight is 424 g/mol. The molecule has 0 aliphatic heterocycles. The van der Waals surface area contributed by atoms with Crippen molar-refractivity contribution in [2.45, 2.75) is 52.6 Å². The molecule has 4 aromatic rings. The summed E-state index contributed by atoms with van der Waals surface area (Å²) in [6.07, 6.45) is 9.26. The van der Waals surface area contributed by atoms with Crippen molar-refractivity contribution in [1.29, 1.82) is 0 Å². The van der Waals surface area contributed by atoms with Crippen LogP contribution >= 0.6 is 0 Å². The van der Waals surface area contributed by atoms with Crippen molar-refractivity contribution in [2.24, 2.45) is 0 Å². The fraction of sp³-hybridized carbons (Fsp3) is 0.296. The van der Waals surface area contributed by atoms with Crippen molar-refractivity contribution in [1.82, 2.24) is 25.1 Å². The maximum absolute atomic E-state index is 4.78. The van der Waals surface area contributed by atoms with Crippen LogP contribution in [0.3, 0.4) is 0 Å². The SMILES string of the molecule is Cc1ccccc1-c1ncc(CNC2CCCc3c2cnn3-c2cccc(C)c2C)cn1. The first kappa shape index (κ1) is 20.6. The Bertz CT molecular complexity index is 1240. The molecule has 5 rings (SSSR count). The van der Waals surface area contributed by atoms with E-state index < -0.39 is 0 Å². The van der Waals surface area contributed by atoms with Gasteiger partial charge in [0, 0.05) is 47.4 Å². The van der Waals surface area contributed by atoms with Gasteiger partial charge in [-0.2, -0.15) is 5.10 Å². The van der Waals surface area contributed by atoms with Crippen molar-refractivity contribution >= 4 is 0 Å². The quantitative estimate of drug-likeness (QED) is 0.466. The number of hydrogen-bond acceptors (Lipinski definition) is 4. The Hall–Kier alpha value is -3.31. The van der Waals surface area contributed by atoms with Crippen LogP contribution in [0.5, 0.6) is 0 Å². The number of nitrogens with one attached hydrogen (secondary N) is 1. The van der Waals surface area contributed by atoms with E-state index in [2.05, 4.69) is 71.1 Å². The van der Waals surface area contributed by atoms with Crippen LogP contribution in [0.2, 0.25) is 0 Å². The Morgan fingerprint density at radius 2 is 1.72 bits per heavy atom. The Labute approximate surface area is 189 Å². The van der Waals surface area contributed by atoms with E-state index in [1.165, 1.54) is 33.6 Å². The van der Waals surface area contributed by atoms with Gasteiger partial charge in [0.2, 0.25) is 0 Å². The molecule has 5 nitrogen and oxygen atoms in total. The van der Waals surface area contributed by atoms with Gasteiger partial charge in [-0.15, -0.1) is 0 Å². The molecule has 0 spiro atoms. The zero-order valence-electron chi connectivity index (χ0n) is 19.0. The molecular formula is C27H29N5. The topological polar surface area (TPSA) is 55.6 Å². The molecule has 1 unspecified atom stereocenters. The Morgan fingerprint density at radius 3 is 2.53 bits per heavy atom. The zero-order chi connectivity index (χ0) is 22.1. The molecule has 1 aliphatic carbocycles. The van der Waals surface area contributed by atoms with Gasteiger partial charge in [0.25, 0.3) is 0 Å². The molecule has 32 heavy (non-hydrogen) atoms. The summed E-state index contributed by atoms with van der Waals surface area (Å²) >= 11 is 0. The van der Waals surface area contributed by atoms with E-state index in [1.54, 1.807) is 0 Å². The highest BCUT2D eigenvalue weighted by molar-refractivity contribution is 5.59. The van der Waals surface area contributed by atoms with Crippen LogP contribution < -0.4 is 5.32 Å². The van der Waals surface area contributed by atoms with Crippen LogP contribution in [0.25, 0.3) is 17.1 Å². The molecule has 2 heterocycles. The largest absolute Gasteiger partial charge is 0.306 e. The molecule has 2 aromatic carbocycles. The van der Waals surface area contributed by atoms with Crippen LogP contribution in [0.15, 0.2) is 61.1 Å². The minimum absolute atomic E-state index is 0.300. The van der Waals surface area contributed by atoms with E-state index in [0.717, 1.165) is 42.8 Å². The number of nitrogens with zero attached hydrogens (tertiary/aromatic N) is 4. The maximum atomic E-state index is 4.78. The normalized spacial score (nSPS) is 15.5. The lowest BCUT2D eigenvalue weighted by Gasteiger charge is -2.24. The van der Waals surface area contributed by atoms with Crippen LogP contribution in [-0.2, 0) is 13.0 Å².